The number of hydrogen-bond acceptors (Lipinski definition) is 5. The lowest BCUT2D eigenvalue weighted by atomic mass is 9.99. The molecule has 0 spiro atoms. The normalized spacial score (nSPS) is 11.0. The molecule has 1 heterocycles. The Labute approximate surface area is 227 Å². The highest BCUT2D eigenvalue weighted by Crippen LogP contribution is 2.32. The number of anilines is 1. The number of fused-ring (bicyclic) bond motifs is 1. The van der Waals surface area contributed by atoms with Gasteiger partial charge in [0.05, 0.1) is 32.6 Å². The molecule has 184 valence electrons. The molecule has 0 aliphatic rings. The second-order valence-corrected chi connectivity index (χ2v) is 10.9. The summed E-state index contributed by atoms with van der Waals surface area (Å²) in [7, 11) is 0. The largest absolute Gasteiger partial charge is 0.344 e. The second-order valence-electron chi connectivity index (χ2n) is 8.21. The van der Waals surface area contributed by atoms with Crippen LogP contribution in [0.2, 0.25) is 5.02 Å². The lowest BCUT2D eigenvalue weighted by Crippen LogP contribution is -2.30. The number of benzene rings is 4. The van der Waals surface area contributed by atoms with Crippen molar-refractivity contribution in [1.82, 2.24) is 10.3 Å². The average molecular weight is 544 g/mol. The number of thiazole rings is 1. The van der Waals surface area contributed by atoms with Crippen LogP contribution in [0.25, 0.3) is 10.2 Å². The summed E-state index contributed by atoms with van der Waals surface area (Å²) in [4.78, 5) is 30.1. The van der Waals surface area contributed by atoms with E-state index in [1.54, 1.807) is 24.3 Å². The molecule has 5 aromatic rings. The van der Waals surface area contributed by atoms with Crippen LogP contribution in [-0.4, -0.2) is 22.6 Å². The van der Waals surface area contributed by atoms with Crippen molar-refractivity contribution >= 4 is 62.4 Å². The Hall–Kier alpha value is -3.65. The molecule has 1 aromatic heterocycles. The van der Waals surface area contributed by atoms with E-state index in [4.69, 9.17) is 11.6 Å². The summed E-state index contributed by atoms with van der Waals surface area (Å²) in [5, 5.41) is 6.45. The van der Waals surface area contributed by atoms with Gasteiger partial charge in [0.25, 0.3) is 5.91 Å². The maximum atomic E-state index is 12.9. The molecule has 2 amide bonds. The van der Waals surface area contributed by atoms with Crippen molar-refractivity contribution in [2.24, 2.45) is 0 Å². The van der Waals surface area contributed by atoms with Crippen LogP contribution in [0.1, 0.15) is 27.5 Å². The van der Waals surface area contributed by atoms with Gasteiger partial charge in [-0.3, -0.25) is 9.59 Å². The summed E-state index contributed by atoms with van der Waals surface area (Å²) in [5.74, 6) is -0.103. The Morgan fingerprint density at radius 1 is 0.865 bits per heavy atom. The Morgan fingerprint density at radius 2 is 1.51 bits per heavy atom. The smallest absolute Gasteiger partial charge is 0.257 e. The maximum Gasteiger partial charge on any atom is 0.257 e. The maximum absolute atomic E-state index is 12.9. The van der Waals surface area contributed by atoms with Crippen molar-refractivity contribution in [3.8, 4) is 0 Å². The molecule has 0 aliphatic heterocycles. The minimum atomic E-state index is -0.271. The van der Waals surface area contributed by atoms with Crippen LogP contribution < -0.4 is 10.6 Å². The first-order valence-electron chi connectivity index (χ1n) is 11.6. The van der Waals surface area contributed by atoms with Crippen LogP contribution in [0, 0.1) is 0 Å². The number of halogens is 1. The van der Waals surface area contributed by atoms with E-state index in [-0.39, 0.29) is 23.6 Å². The summed E-state index contributed by atoms with van der Waals surface area (Å²) in [6.07, 6.45) is 0. The monoisotopic (exact) mass is 543 g/mol. The van der Waals surface area contributed by atoms with Crippen LogP contribution in [0.4, 0.5) is 5.69 Å². The molecule has 0 unspecified atom stereocenters. The summed E-state index contributed by atoms with van der Waals surface area (Å²) < 4.78 is 1.71. The van der Waals surface area contributed by atoms with Gasteiger partial charge in [0.2, 0.25) is 5.91 Å². The Kier molecular flexibility index (Phi) is 7.84. The first kappa shape index (κ1) is 25.0. The van der Waals surface area contributed by atoms with Crippen molar-refractivity contribution in [3.05, 3.63) is 125 Å². The Balaban J connectivity index is 1.24. The van der Waals surface area contributed by atoms with Gasteiger partial charge in [-0.25, -0.2) is 4.98 Å². The number of carbonyl (C=O) groups excluding carboxylic acids is 2. The van der Waals surface area contributed by atoms with E-state index in [0.29, 0.717) is 16.3 Å². The fraction of sp³-hybridized carbons (Fsp3) is 0.0690. The highest BCUT2D eigenvalue weighted by molar-refractivity contribution is 8.01. The van der Waals surface area contributed by atoms with E-state index >= 15 is 0 Å². The fourth-order valence-electron chi connectivity index (χ4n) is 3.87. The minimum Gasteiger partial charge on any atom is -0.344 e. The summed E-state index contributed by atoms with van der Waals surface area (Å²) in [6, 6.07) is 32.1. The zero-order valence-corrected chi connectivity index (χ0v) is 21.9. The third-order valence-electron chi connectivity index (χ3n) is 5.64. The van der Waals surface area contributed by atoms with Crippen molar-refractivity contribution in [2.75, 3.05) is 11.1 Å². The number of nitrogens with one attached hydrogen (secondary N) is 2. The zero-order chi connectivity index (χ0) is 25.6. The first-order chi connectivity index (χ1) is 18.1. The second kappa shape index (κ2) is 11.6. The van der Waals surface area contributed by atoms with Gasteiger partial charge >= 0.3 is 0 Å². The molecule has 0 saturated heterocycles. The van der Waals surface area contributed by atoms with Crippen LogP contribution in [-0.2, 0) is 4.79 Å². The molecule has 0 saturated carbocycles. The zero-order valence-electron chi connectivity index (χ0n) is 19.6. The van der Waals surface area contributed by atoms with Crippen molar-refractivity contribution in [1.29, 1.82) is 0 Å². The highest BCUT2D eigenvalue weighted by atomic mass is 35.5. The fourth-order valence-corrected chi connectivity index (χ4v) is 6.01. The first-order valence-corrected chi connectivity index (χ1v) is 13.7. The van der Waals surface area contributed by atoms with Gasteiger partial charge in [0.1, 0.15) is 0 Å². The van der Waals surface area contributed by atoms with Crippen molar-refractivity contribution in [2.45, 2.75) is 10.4 Å². The van der Waals surface area contributed by atoms with Gasteiger partial charge in [0, 0.05) is 5.69 Å². The molecular formula is C29H22ClN3O2S2. The van der Waals surface area contributed by atoms with Gasteiger partial charge in [-0.1, -0.05) is 96.2 Å². The molecule has 5 nitrogen and oxygen atoms in total. The van der Waals surface area contributed by atoms with Gasteiger partial charge < -0.3 is 10.6 Å². The highest BCUT2D eigenvalue weighted by Gasteiger charge is 2.17. The number of carbonyl (C=O) groups is 2. The van der Waals surface area contributed by atoms with E-state index in [1.807, 2.05) is 78.9 Å². The third-order valence-corrected chi connectivity index (χ3v) is 8.13. The molecule has 37 heavy (non-hydrogen) atoms. The average Bonchev–Trinajstić information content (AvgIpc) is 3.34. The third kappa shape index (κ3) is 6.20. The molecule has 2 N–H and O–H groups in total. The molecule has 0 atom stereocenters. The number of thioether (sulfide) groups is 1. The number of rotatable bonds is 8. The molecule has 0 radical (unpaired) electrons. The predicted molar refractivity (Wildman–Crippen MR) is 153 cm³/mol. The van der Waals surface area contributed by atoms with Gasteiger partial charge in [-0.15, -0.1) is 11.3 Å². The van der Waals surface area contributed by atoms with E-state index < -0.39 is 0 Å². The standard InChI is InChI=1S/C29H22ClN3O2S2/c30-23-14-8-7-13-22(23)28(35)31-21-15-16-24-25(17-21)37-29(32-24)36-18-26(34)33-27(19-9-3-1-4-10-19)20-11-5-2-6-12-20/h1-17,27H,18H2,(H,31,35)(H,33,34). The number of amides is 2. The number of nitrogens with zero attached hydrogens (tertiary/aromatic N) is 1. The lowest BCUT2D eigenvalue weighted by molar-refractivity contribution is -0.119. The van der Waals surface area contributed by atoms with Gasteiger partial charge in [-0.2, -0.15) is 0 Å². The van der Waals surface area contributed by atoms with Crippen LogP contribution >= 0.6 is 34.7 Å². The molecule has 0 bridgehead atoms. The molecular weight excluding hydrogens is 522 g/mol. The summed E-state index contributed by atoms with van der Waals surface area (Å²) in [5.41, 5.74) is 3.94. The van der Waals surface area contributed by atoms with E-state index in [9.17, 15) is 9.59 Å². The molecule has 4 aromatic carbocycles. The van der Waals surface area contributed by atoms with E-state index in [2.05, 4.69) is 15.6 Å². The van der Waals surface area contributed by atoms with Crippen molar-refractivity contribution in [3.63, 3.8) is 0 Å². The topological polar surface area (TPSA) is 71.1 Å². The predicted octanol–water partition coefficient (Wildman–Crippen LogP) is 7.20. The van der Waals surface area contributed by atoms with Gasteiger partial charge in [0.15, 0.2) is 4.34 Å². The van der Waals surface area contributed by atoms with E-state index in [0.717, 1.165) is 25.7 Å². The van der Waals surface area contributed by atoms with Crippen molar-refractivity contribution < 1.29 is 9.59 Å². The lowest BCUT2D eigenvalue weighted by Gasteiger charge is -2.19. The quantitative estimate of drug-likeness (QED) is 0.203. The van der Waals surface area contributed by atoms with Crippen LogP contribution in [0.3, 0.4) is 0 Å². The molecule has 0 fully saturated rings. The Morgan fingerprint density at radius 3 is 2.19 bits per heavy atom. The molecule has 0 aliphatic carbocycles. The summed E-state index contributed by atoms with van der Waals surface area (Å²) >= 11 is 9.02. The van der Waals surface area contributed by atoms with Crippen LogP contribution in [0.5, 0.6) is 0 Å². The SMILES string of the molecule is O=C(CSc1nc2ccc(NC(=O)c3ccccc3Cl)cc2s1)NC(c1ccccc1)c1ccccc1. The number of aromatic nitrogens is 1. The minimum absolute atomic E-state index is 0.0744. The van der Waals surface area contributed by atoms with Gasteiger partial charge in [-0.05, 0) is 41.5 Å². The number of hydrogen-bond donors (Lipinski definition) is 2. The van der Waals surface area contributed by atoms with E-state index in [1.165, 1.54) is 23.1 Å². The van der Waals surface area contributed by atoms with Crippen LogP contribution in [0.15, 0.2) is 107 Å². The molecule has 5 rings (SSSR count). The Bertz CT molecular complexity index is 1500. The summed E-state index contributed by atoms with van der Waals surface area (Å²) in [6.45, 7) is 0. The molecule has 8 heteroatoms.